The van der Waals surface area contributed by atoms with Gasteiger partial charge in [0.05, 0.1) is 28.6 Å². The minimum Gasteiger partial charge on any atom is -0.463 e. The average molecular weight is 413 g/mol. The van der Waals surface area contributed by atoms with E-state index in [2.05, 4.69) is 20.6 Å². The third-order valence-electron chi connectivity index (χ3n) is 5.04. The first-order valence-electron chi connectivity index (χ1n) is 9.87. The van der Waals surface area contributed by atoms with E-state index in [0.717, 1.165) is 11.3 Å². The molecule has 5 aromatic rings. The van der Waals surface area contributed by atoms with Gasteiger partial charge in [-0.1, -0.05) is 17.3 Å². The summed E-state index contributed by atoms with van der Waals surface area (Å²) in [6, 6.07) is 15.2. The third kappa shape index (κ3) is 3.71. The number of aromatic nitrogens is 4. The average Bonchev–Trinajstić information content (AvgIpc) is 3.56. The van der Waals surface area contributed by atoms with Gasteiger partial charge in [-0.05, 0) is 55.3 Å². The summed E-state index contributed by atoms with van der Waals surface area (Å²) in [5.74, 6) is 0.349. The number of amides is 1. The molecule has 8 nitrogen and oxygen atoms in total. The van der Waals surface area contributed by atoms with Crippen LogP contribution in [0.4, 0.5) is 0 Å². The summed E-state index contributed by atoms with van der Waals surface area (Å²) in [6.07, 6.45) is 5.90. The summed E-state index contributed by atoms with van der Waals surface area (Å²) in [4.78, 5) is 17.4. The summed E-state index contributed by atoms with van der Waals surface area (Å²) >= 11 is 0. The van der Waals surface area contributed by atoms with Gasteiger partial charge in [0.15, 0.2) is 5.76 Å². The van der Waals surface area contributed by atoms with Crippen LogP contribution >= 0.6 is 0 Å². The minimum atomic E-state index is -0.209. The van der Waals surface area contributed by atoms with Gasteiger partial charge in [0, 0.05) is 18.9 Å². The lowest BCUT2D eigenvalue weighted by Crippen LogP contribution is -2.26. The van der Waals surface area contributed by atoms with Gasteiger partial charge >= 0.3 is 0 Å². The highest BCUT2D eigenvalue weighted by atomic mass is 16.5. The van der Waals surface area contributed by atoms with Crippen molar-refractivity contribution >= 4 is 17.0 Å². The molecule has 0 radical (unpaired) electrons. The highest BCUT2D eigenvalue weighted by molar-refractivity contribution is 6.06. The van der Waals surface area contributed by atoms with Crippen molar-refractivity contribution in [3.63, 3.8) is 0 Å². The Kier molecular flexibility index (Phi) is 4.80. The molecule has 8 heteroatoms. The molecule has 5 rings (SSSR count). The Balaban J connectivity index is 1.32. The molecule has 4 aromatic heterocycles. The number of hydrogen-bond donors (Lipinski definition) is 1. The second kappa shape index (κ2) is 7.91. The van der Waals surface area contributed by atoms with Crippen molar-refractivity contribution in [2.24, 2.45) is 0 Å². The van der Waals surface area contributed by atoms with E-state index in [1.54, 1.807) is 42.3 Å². The summed E-state index contributed by atoms with van der Waals surface area (Å²) in [5, 5.41) is 11.8. The molecule has 154 valence electrons. The minimum absolute atomic E-state index is 0.209. The monoisotopic (exact) mass is 413 g/mol. The van der Waals surface area contributed by atoms with E-state index in [0.29, 0.717) is 46.8 Å². The smallest absolute Gasteiger partial charge is 0.259 e. The predicted octanol–water partition coefficient (Wildman–Crippen LogP) is 3.95. The maximum atomic E-state index is 13.0. The van der Waals surface area contributed by atoms with Gasteiger partial charge in [-0.3, -0.25) is 4.79 Å². The molecule has 0 saturated heterocycles. The van der Waals surface area contributed by atoms with Crippen molar-refractivity contribution < 1.29 is 13.7 Å². The van der Waals surface area contributed by atoms with Crippen LogP contribution in [0.1, 0.15) is 21.6 Å². The predicted molar refractivity (Wildman–Crippen MR) is 114 cm³/mol. The van der Waals surface area contributed by atoms with Crippen LogP contribution in [-0.2, 0) is 6.42 Å². The van der Waals surface area contributed by atoms with Gasteiger partial charge in [0.2, 0.25) is 0 Å². The van der Waals surface area contributed by atoms with Crippen molar-refractivity contribution in [1.82, 2.24) is 25.2 Å². The lowest BCUT2D eigenvalue weighted by Gasteiger charge is -2.08. The molecule has 0 spiro atoms. The molecule has 0 aliphatic carbocycles. The Labute approximate surface area is 177 Å². The Morgan fingerprint density at radius 3 is 2.77 bits per heavy atom. The van der Waals surface area contributed by atoms with Crippen molar-refractivity contribution in [2.75, 3.05) is 6.54 Å². The fraction of sp³-hybridized carbons (Fsp3) is 0.130. The second-order valence-electron chi connectivity index (χ2n) is 7.10. The van der Waals surface area contributed by atoms with E-state index in [-0.39, 0.29) is 5.91 Å². The standard InChI is InChI=1S/C23H19N5O3/c1-15-21-18(14-19(20-4-2-13-30-20)26-23(21)31-27-15)22(29)24-11-9-16-5-7-17(8-6-16)28-12-3-10-25-28/h2-8,10,12-14H,9,11H2,1H3,(H,24,29). The van der Waals surface area contributed by atoms with Gasteiger partial charge in [0.1, 0.15) is 5.69 Å². The third-order valence-corrected chi connectivity index (χ3v) is 5.04. The molecule has 0 aliphatic rings. The van der Waals surface area contributed by atoms with E-state index in [4.69, 9.17) is 8.94 Å². The first-order valence-corrected chi connectivity index (χ1v) is 9.87. The number of furan rings is 1. The summed E-state index contributed by atoms with van der Waals surface area (Å²) < 4.78 is 12.5. The highest BCUT2D eigenvalue weighted by Gasteiger charge is 2.20. The van der Waals surface area contributed by atoms with E-state index < -0.39 is 0 Å². The summed E-state index contributed by atoms with van der Waals surface area (Å²) in [7, 11) is 0. The molecule has 0 saturated carbocycles. The largest absolute Gasteiger partial charge is 0.463 e. The van der Waals surface area contributed by atoms with Gasteiger partial charge in [-0.15, -0.1) is 0 Å². The maximum absolute atomic E-state index is 13.0. The van der Waals surface area contributed by atoms with Gasteiger partial charge in [-0.2, -0.15) is 5.10 Å². The number of fused-ring (bicyclic) bond motifs is 1. The van der Waals surface area contributed by atoms with Crippen LogP contribution in [0, 0.1) is 6.92 Å². The Morgan fingerprint density at radius 1 is 1.16 bits per heavy atom. The van der Waals surface area contributed by atoms with E-state index >= 15 is 0 Å². The van der Waals surface area contributed by atoms with Crippen molar-refractivity contribution in [1.29, 1.82) is 0 Å². The number of nitrogens with zero attached hydrogens (tertiary/aromatic N) is 4. The zero-order valence-electron chi connectivity index (χ0n) is 16.8. The van der Waals surface area contributed by atoms with E-state index in [9.17, 15) is 4.79 Å². The van der Waals surface area contributed by atoms with Crippen LogP contribution in [0.25, 0.3) is 28.2 Å². The van der Waals surface area contributed by atoms with Gasteiger partial charge in [0.25, 0.3) is 11.6 Å². The Morgan fingerprint density at radius 2 is 2.03 bits per heavy atom. The second-order valence-corrected chi connectivity index (χ2v) is 7.10. The molecule has 1 amide bonds. The number of pyridine rings is 1. The normalized spacial score (nSPS) is 11.1. The molecule has 1 N–H and O–H groups in total. The number of carbonyl (C=O) groups excluding carboxylic acids is 1. The summed E-state index contributed by atoms with van der Waals surface area (Å²) in [6.45, 7) is 2.28. The molecule has 0 bridgehead atoms. The fourth-order valence-electron chi connectivity index (χ4n) is 3.48. The lowest BCUT2D eigenvalue weighted by molar-refractivity contribution is 0.0955. The van der Waals surface area contributed by atoms with E-state index in [1.165, 1.54) is 0 Å². The number of hydrogen-bond acceptors (Lipinski definition) is 6. The van der Waals surface area contributed by atoms with Crippen LogP contribution in [0.5, 0.6) is 0 Å². The SMILES string of the molecule is Cc1noc2nc(-c3ccco3)cc(C(=O)NCCc3ccc(-n4cccn4)cc3)c12. The van der Waals surface area contributed by atoms with Crippen LogP contribution < -0.4 is 5.32 Å². The number of benzene rings is 1. The molecule has 0 aliphatic heterocycles. The molecule has 31 heavy (non-hydrogen) atoms. The van der Waals surface area contributed by atoms with Crippen molar-refractivity contribution in [2.45, 2.75) is 13.3 Å². The number of carbonyl (C=O) groups is 1. The quantitative estimate of drug-likeness (QED) is 0.453. The molecular weight excluding hydrogens is 394 g/mol. The van der Waals surface area contributed by atoms with Gasteiger partial charge < -0.3 is 14.3 Å². The zero-order chi connectivity index (χ0) is 21.2. The fourth-order valence-corrected chi connectivity index (χ4v) is 3.48. The molecule has 0 atom stereocenters. The number of nitrogens with one attached hydrogen (secondary N) is 1. The maximum Gasteiger partial charge on any atom is 0.259 e. The van der Waals surface area contributed by atoms with Crippen LogP contribution in [0.15, 0.2) is 76.1 Å². The lowest BCUT2D eigenvalue weighted by atomic mass is 10.1. The van der Waals surface area contributed by atoms with E-state index in [1.807, 2.05) is 36.5 Å². The highest BCUT2D eigenvalue weighted by Crippen LogP contribution is 2.27. The first-order chi connectivity index (χ1) is 15.2. The van der Waals surface area contributed by atoms with Gasteiger partial charge in [-0.25, -0.2) is 9.67 Å². The molecule has 0 unspecified atom stereocenters. The topological polar surface area (TPSA) is 99.0 Å². The number of rotatable bonds is 6. The molecular formula is C23H19N5O3. The van der Waals surface area contributed by atoms with Crippen molar-refractivity contribution in [3.8, 4) is 17.1 Å². The van der Waals surface area contributed by atoms with Crippen molar-refractivity contribution in [3.05, 3.63) is 84.0 Å². The molecule has 4 heterocycles. The molecule has 0 fully saturated rings. The summed E-state index contributed by atoms with van der Waals surface area (Å²) in [5.41, 5.74) is 4.02. The van der Waals surface area contributed by atoms with Crippen LogP contribution in [0.2, 0.25) is 0 Å². The zero-order valence-corrected chi connectivity index (χ0v) is 16.8. The Bertz CT molecular complexity index is 1320. The molecule has 1 aromatic carbocycles. The Hall–Kier alpha value is -4.20. The number of aryl methyl sites for hydroxylation is 1. The van der Waals surface area contributed by atoms with Crippen LogP contribution in [-0.4, -0.2) is 32.4 Å². The first kappa shape index (κ1) is 18.8. The van der Waals surface area contributed by atoms with Crippen LogP contribution in [0.3, 0.4) is 0 Å².